The Morgan fingerprint density at radius 3 is 3.20 bits per heavy atom. The molecule has 0 aliphatic carbocycles. The van der Waals surface area contributed by atoms with Crippen molar-refractivity contribution >= 4 is 22.8 Å². The number of morpholine rings is 1. The molecular formula is C12H12N6OS. The van der Waals surface area contributed by atoms with E-state index in [4.69, 9.17) is 4.74 Å². The molecule has 1 atom stereocenters. The van der Waals surface area contributed by atoms with Crippen LogP contribution in [0.3, 0.4) is 0 Å². The summed E-state index contributed by atoms with van der Waals surface area (Å²) in [5.41, 5.74) is 0.650. The molecule has 1 aliphatic rings. The van der Waals surface area contributed by atoms with E-state index >= 15 is 0 Å². The van der Waals surface area contributed by atoms with Gasteiger partial charge in [0.15, 0.2) is 11.5 Å². The van der Waals surface area contributed by atoms with Crippen molar-refractivity contribution in [3.05, 3.63) is 34.5 Å². The van der Waals surface area contributed by atoms with Crippen molar-refractivity contribution in [2.24, 2.45) is 0 Å². The van der Waals surface area contributed by atoms with Crippen molar-refractivity contribution in [1.29, 1.82) is 0 Å². The van der Waals surface area contributed by atoms with E-state index in [1.54, 1.807) is 11.3 Å². The molecule has 0 spiro atoms. The van der Waals surface area contributed by atoms with E-state index in [1.807, 2.05) is 18.2 Å². The Bertz CT molecular complexity index is 712. The summed E-state index contributed by atoms with van der Waals surface area (Å²) in [5.74, 6) is 0.870. The second-order valence-corrected chi connectivity index (χ2v) is 5.52. The molecule has 3 aromatic heterocycles. The Balaban J connectivity index is 1.61. The van der Waals surface area contributed by atoms with Crippen LogP contribution in [0.25, 0.3) is 5.65 Å². The lowest BCUT2D eigenvalue weighted by molar-refractivity contribution is 0.0417. The number of ether oxygens (including phenoxy) is 1. The van der Waals surface area contributed by atoms with Gasteiger partial charge in [-0.2, -0.15) is 0 Å². The van der Waals surface area contributed by atoms with Crippen LogP contribution in [-0.2, 0) is 4.74 Å². The number of nitrogens with zero attached hydrogens (tertiary/aromatic N) is 6. The number of rotatable bonds is 2. The fourth-order valence-electron chi connectivity index (χ4n) is 2.31. The Morgan fingerprint density at radius 1 is 1.30 bits per heavy atom. The maximum Gasteiger partial charge on any atom is 0.200 e. The highest BCUT2D eigenvalue weighted by Crippen LogP contribution is 2.27. The van der Waals surface area contributed by atoms with E-state index in [2.05, 4.69) is 37.0 Å². The number of thiophene rings is 1. The molecule has 0 radical (unpaired) electrons. The molecule has 4 rings (SSSR count). The van der Waals surface area contributed by atoms with E-state index in [-0.39, 0.29) is 6.10 Å². The highest BCUT2D eigenvalue weighted by molar-refractivity contribution is 7.10. The first-order valence-electron chi connectivity index (χ1n) is 6.35. The number of hydrogen-bond acceptors (Lipinski definition) is 7. The molecule has 1 fully saturated rings. The summed E-state index contributed by atoms with van der Waals surface area (Å²) in [6.07, 6.45) is 0.107. The third-order valence-corrected chi connectivity index (χ3v) is 4.27. The van der Waals surface area contributed by atoms with Crippen LogP contribution in [0.15, 0.2) is 29.6 Å². The van der Waals surface area contributed by atoms with Gasteiger partial charge in [0, 0.05) is 11.4 Å². The average Bonchev–Trinajstić information content (AvgIpc) is 3.18. The van der Waals surface area contributed by atoms with E-state index in [0.717, 1.165) is 18.9 Å². The minimum Gasteiger partial charge on any atom is -0.369 e. The van der Waals surface area contributed by atoms with Gasteiger partial charge in [0.05, 0.1) is 13.2 Å². The molecule has 1 saturated heterocycles. The number of hydrogen-bond donors (Lipinski definition) is 0. The molecular weight excluding hydrogens is 276 g/mol. The lowest BCUT2D eigenvalue weighted by atomic mass is 10.2. The molecule has 0 amide bonds. The van der Waals surface area contributed by atoms with Crippen LogP contribution in [0.4, 0.5) is 5.82 Å². The van der Waals surface area contributed by atoms with Crippen LogP contribution in [-0.4, -0.2) is 45.0 Å². The summed E-state index contributed by atoms with van der Waals surface area (Å²) in [5, 5.41) is 17.8. The number of aromatic nitrogens is 5. The van der Waals surface area contributed by atoms with Crippen molar-refractivity contribution in [2.45, 2.75) is 6.10 Å². The van der Waals surface area contributed by atoms with Crippen LogP contribution < -0.4 is 4.90 Å². The van der Waals surface area contributed by atoms with Crippen LogP contribution in [0.5, 0.6) is 0 Å². The fourth-order valence-corrected chi connectivity index (χ4v) is 3.08. The molecule has 7 nitrogen and oxygen atoms in total. The zero-order valence-electron chi connectivity index (χ0n) is 10.6. The first-order valence-corrected chi connectivity index (χ1v) is 7.23. The van der Waals surface area contributed by atoms with Gasteiger partial charge in [0.2, 0.25) is 0 Å². The Labute approximate surface area is 118 Å². The van der Waals surface area contributed by atoms with Crippen molar-refractivity contribution in [2.75, 3.05) is 24.6 Å². The van der Waals surface area contributed by atoms with Crippen molar-refractivity contribution < 1.29 is 4.74 Å². The van der Waals surface area contributed by atoms with Gasteiger partial charge in [-0.25, -0.2) is 0 Å². The van der Waals surface area contributed by atoms with E-state index in [0.29, 0.717) is 12.3 Å². The van der Waals surface area contributed by atoms with Gasteiger partial charge in [0.1, 0.15) is 6.10 Å². The monoisotopic (exact) mass is 288 g/mol. The zero-order valence-corrected chi connectivity index (χ0v) is 11.4. The summed E-state index contributed by atoms with van der Waals surface area (Å²) < 4.78 is 7.29. The number of anilines is 1. The van der Waals surface area contributed by atoms with Gasteiger partial charge in [-0.05, 0) is 34.0 Å². The highest BCUT2D eigenvalue weighted by atomic mass is 32.1. The Morgan fingerprint density at radius 2 is 2.30 bits per heavy atom. The maximum absolute atomic E-state index is 5.84. The molecule has 3 aromatic rings. The molecule has 0 N–H and O–H groups in total. The average molecular weight is 288 g/mol. The van der Waals surface area contributed by atoms with Crippen molar-refractivity contribution in [3.63, 3.8) is 0 Å². The summed E-state index contributed by atoms with van der Waals surface area (Å²) >= 11 is 1.72. The molecule has 1 unspecified atom stereocenters. The van der Waals surface area contributed by atoms with Gasteiger partial charge in [0.25, 0.3) is 0 Å². The second-order valence-electron chi connectivity index (χ2n) is 4.54. The van der Waals surface area contributed by atoms with Gasteiger partial charge >= 0.3 is 0 Å². The summed E-state index contributed by atoms with van der Waals surface area (Å²) in [6, 6.07) is 7.98. The molecule has 102 valence electrons. The van der Waals surface area contributed by atoms with Gasteiger partial charge < -0.3 is 9.64 Å². The standard InChI is InChI=1S/C12H12N6OS/c1-2-10(20-7-1)9-8-17(5-6-19-9)12-4-3-11-13-15-16-18(11)14-12/h1-4,7,9H,5-6,8H2. The molecule has 20 heavy (non-hydrogen) atoms. The first-order chi connectivity index (χ1) is 9.90. The van der Waals surface area contributed by atoms with Gasteiger partial charge in [-0.1, -0.05) is 6.07 Å². The summed E-state index contributed by atoms with van der Waals surface area (Å²) in [6.45, 7) is 2.31. The first kappa shape index (κ1) is 11.7. The zero-order chi connectivity index (χ0) is 13.4. The third kappa shape index (κ3) is 2.02. The Hall–Kier alpha value is -2.06. The predicted octanol–water partition coefficient (Wildman–Crippen LogP) is 1.16. The molecule has 1 aliphatic heterocycles. The van der Waals surface area contributed by atoms with Crippen LogP contribution in [0, 0.1) is 0 Å². The number of fused-ring (bicyclic) bond motifs is 1. The normalized spacial score (nSPS) is 19.6. The molecule has 0 saturated carbocycles. The topological polar surface area (TPSA) is 68.4 Å². The maximum atomic E-state index is 5.84. The van der Waals surface area contributed by atoms with Crippen LogP contribution >= 0.6 is 11.3 Å². The van der Waals surface area contributed by atoms with E-state index in [9.17, 15) is 0 Å². The summed E-state index contributed by atoms with van der Waals surface area (Å²) in [4.78, 5) is 3.45. The van der Waals surface area contributed by atoms with Gasteiger partial charge in [-0.15, -0.1) is 26.2 Å². The van der Waals surface area contributed by atoms with E-state index < -0.39 is 0 Å². The lowest BCUT2D eigenvalue weighted by Crippen LogP contribution is -2.38. The fraction of sp³-hybridized carbons (Fsp3) is 0.333. The van der Waals surface area contributed by atoms with E-state index in [1.165, 1.54) is 9.51 Å². The van der Waals surface area contributed by atoms with Crippen molar-refractivity contribution in [1.82, 2.24) is 25.3 Å². The SMILES string of the molecule is c1csc(C2CN(c3ccc4nnnn4n3)CCO2)c1. The molecule has 4 heterocycles. The minimum absolute atomic E-state index is 0.107. The van der Waals surface area contributed by atoms with Crippen LogP contribution in [0.2, 0.25) is 0 Å². The lowest BCUT2D eigenvalue weighted by Gasteiger charge is -2.33. The summed E-state index contributed by atoms with van der Waals surface area (Å²) in [7, 11) is 0. The molecule has 0 bridgehead atoms. The van der Waals surface area contributed by atoms with Crippen LogP contribution in [0.1, 0.15) is 11.0 Å². The predicted molar refractivity (Wildman–Crippen MR) is 73.8 cm³/mol. The molecule has 8 heteroatoms. The highest BCUT2D eigenvalue weighted by Gasteiger charge is 2.24. The quantitative estimate of drug-likeness (QED) is 0.705. The number of tetrazole rings is 1. The molecule has 0 aromatic carbocycles. The smallest absolute Gasteiger partial charge is 0.200 e. The third-order valence-electron chi connectivity index (χ3n) is 3.31. The Kier molecular flexibility index (Phi) is 2.82. The second kappa shape index (κ2) is 4.80. The van der Waals surface area contributed by atoms with Gasteiger partial charge in [-0.3, -0.25) is 0 Å². The van der Waals surface area contributed by atoms with Crippen molar-refractivity contribution in [3.8, 4) is 0 Å². The largest absolute Gasteiger partial charge is 0.369 e. The minimum atomic E-state index is 0.107.